The van der Waals surface area contributed by atoms with Gasteiger partial charge in [0.15, 0.2) is 0 Å². The molecule has 6 heteroatoms. The number of para-hydroxylation sites is 1. The Morgan fingerprint density at radius 2 is 1.90 bits per heavy atom. The summed E-state index contributed by atoms with van der Waals surface area (Å²) in [4.78, 5) is 19.6. The fourth-order valence-corrected chi connectivity index (χ4v) is 4.55. The monoisotopic (exact) mass is 411 g/mol. The lowest BCUT2D eigenvalue weighted by molar-refractivity contribution is 0.0927. The summed E-state index contributed by atoms with van der Waals surface area (Å²) in [5.74, 6) is 0.313. The van der Waals surface area contributed by atoms with Crippen molar-refractivity contribution in [3.63, 3.8) is 0 Å². The zero-order chi connectivity index (χ0) is 21.2. The van der Waals surface area contributed by atoms with Crippen molar-refractivity contribution in [1.82, 2.24) is 25.3 Å². The van der Waals surface area contributed by atoms with Crippen molar-refractivity contribution in [2.45, 2.75) is 38.6 Å². The first-order valence-electron chi connectivity index (χ1n) is 10.8. The van der Waals surface area contributed by atoms with Crippen LogP contribution in [0.2, 0.25) is 0 Å². The molecule has 0 aliphatic heterocycles. The maximum absolute atomic E-state index is 13.2. The van der Waals surface area contributed by atoms with Crippen molar-refractivity contribution < 1.29 is 4.79 Å². The van der Waals surface area contributed by atoms with Gasteiger partial charge in [0.2, 0.25) is 0 Å². The number of amides is 1. The van der Waals surface area contributed by atoms with E-state index in [1.807, 2.05) is 37.3 Å². The van der Waals surface area contributed by atoms with Gasteiger partial charge in [-0.3, -0.25) is 9.78 Å². The van der Waals surface area contributed by atoms with Crippen LogP contribution in [0.15, 0.2) is 67.0 Å². The standard InChI is InChI=1S/C25H25N5O/c1-17-9-12-24(30-26-13-14-27-30)21(15-17)25(31)29-23-8-4-6-19(23)16-20-11-10-18-5-2-3-7-22(18)28-20/h2-3,5,7,9-15,19,23H,4,6,8,16H2,1H3,(H,29,31)/t19-,23+/m0/s1. The third-order valence-electron chi connectivity index (χ3n) is 6.13. The van der Waals surface area contributed by atoms with E-state index in [2.05, 4.69) is 39.8 Å². The van der Waals surface area contributed by atoms with Gasteiger partial charge in [-0.15, -0.1) is 0 Å². The molecule has 2 aromatic heterocycles. The van der Waals surface area contributed by atoms with E-state index in [4.69, 9.17) is 4.98 Å². The lowest BCUT2D eigenvalue weighted by Crippen LogP contribution is -2.38. The summed E-state index contributed by atoms with van der Waals surface area (Å²) in [6, 6.07) is 18.3. The van der Waals surface area contributed by atoms with Crippen molar-refractivity contribution >= 4 is 16.8 Å². The van der Waals surface area contributed by atoms with Crippen LogP contribution in [0.25, 0.3) is 16.6 Å². The Kier molecular flexibility index (Phi) is 5.20. The molecule has 1 amide bonds. The number of hydrogen-bond acceptors (Lipinski definition) is 4. The number of carbonyl (C=O) groups excluding carboxylic acids is 1. The number of fused-ring (bicyclic) bond motifs is 1. The second kappa shape index (κ2) is 8.30. The highest BCUT2D eigenvalue weighted by Gasteiger charge is 2.30. The molecule has 2 aromatic carbocycles. The minimum absolute atomic E-state index is 0.0700. The molecule has 0 saturated heterocycles. The number of hydrogen-bond donors (Lipinski definition) is 1. The van der Waals surface area contributed by atoms with Gasteiger partial charge >= 0.3 is 0 Å². The van der Waals surface area contributed by atoms with Crippen LogP contribution in [0.5, 0.6) is 0 Å². The second-order valence-electron chi connectivity index (χ2n) is 8.31. The molecule has 1 N–H and O–H groups in total. The normalized spacial score (nSPS) is 18.4. The molecule has 1 aliphatic carbocycles. The number of rotatable bonds is 5. The van der Waals surface area contributed by atoms with Crippen molar-refractivity contribution in [2.75, 3.05) is 0 Å². The van der Waals surface area contributed by atoms with Crippen LogP contribution in [0.3, 0.4) is 0 Å². The Morgan fingerprint density at radius 1 is 1.06 bits per heavy atom. The summed E-state index contributed by atoms with van der Waals surface area (Å²) in [5, 5.41) is 12.9. The van der Waals surface area contributed by atoms with Crippen LogP contribution >= 0.6 is 0 Å². The van der Waals surface area contributed by atoms with Crippen molar-refractivity contribution in [3.05, 3.63) is 83.8 Å². The van der Waals surface area contributed by atoms with E-state index in [0.717, 1.165) is 47.8 Å². The summed E-state index contributed by atoms with van der Waals surface area (Å²) in [7, 11) is 0. The van der Waals surface area contributed by atoms with Gasteiger partial charge in [0.1, 0.15) is 0 Å². The van der Waals surface area contributed by atoms with Gasteiger partial charge in [-0.25, -0.2) is 0 Å². The smallest absolute Gasteiger partial charge is 0.253 e. The van der Waals surface area contributed by atoms with E-state index in [1.54, 1.807) is 12.4 Å². The molecule has 6 nitrogen and oxygen atoms in total. The fourth-order valence-electron chi connectivity index (χ4n) is 4.55. The van der Waals surface area contributed by atoms with E-state index >= 15 is 0 Å². The van der Waals surface area contributed by atoms with Gasteiger partial charge in [0.05, 0.1) is 29.2 Å². The highest BCUT2D eigenvalue weighted by atomic mass is 16.1. The Labute approximate surface area is 181 Å². The molecule has 156 valence electrons. The molecule has 1 fully saturated rings. The van der Waals surface area contributed by atoms with Crippen molar-refractivity contribution in [1.29, 1.82) is 0 Å². The average molecular weight is 412 g/mol. The molecule has 0 bridgehead atoms. The van der Waals surface area contributed by atoms with Crippen LogP contribution in [0, 0.1) is 12.8 Å². The van der Waals surface area contributed by atoms with E-state index in [1.165, 1.54) is 4.80 Å². The molecule has 1 aliphatic rings. The molecule has 2 heterocycles. The third-order valence-corrected chi connectivity index (χ3v) is 6.13. The first kappa shape index (κ1) is 19.4. The number of aryl methyl sites for hydroxylation is 1. The van der Waals surface area contributed by atoms with Crippen LogP contribution in [0.1, 0.15) is 40.9 Å². The molecule has 0 spiro atoms. The predicted molar refractivity (Wildman–Crippen MR) is 120 cm³/mol. The quantitative estimate of drug-likeness (QED) is 0.532. The van der Waals surface area contributed by atoms with Crippen LogP contribution in [-0.4, -0.2) is 31.9 Å². The van der Waals surface area contributed by atoms with Gasteiger partial charge in [-0.1, -0.05) is 42.3 Å². The summed E-state index contributed by atoms with van der Waals surface area (Å²) < 4.78 is 0. The van der Waals surface area contributed by atoms with Gasteiger partial charge in [0.25, 0.3) is 5.91 Å². The number of aromatic nitrogens is 4. The van der Waals surface area contributed by atoms with E-state index < -0.39 is 0 Å². The van der Waals surface area contributed by atoms with Crippen LogP contribution in [0.4, 0.5) is 0 Å². The molecule has 0 unspecified atom stereocenters. The summed E-state index contributed by atoms with van der Waals surface area (Å²) in [5.41, 5.74) is 4.44. The Hall–Kier alpha value is -3.54. The second-order valence-corrected chi connectivity index (χ2v) is 8.31. The molecular formula is C25H25N5O. The minimum Gasteiger partial charge on any atom is -0.349 e. The molecule has 5 rings (SSSR count). The van der Waals surface area contributed by atoms with E-state index in [-0.39, 0.29) is 11.9 Å². The summed E-state index contributed by atoms with van der Waals surface area (Å²) in [6.07, 6.45) is 7.31. The molecule has 31 heavy (non-hydrogen) atoms. The highest BCUT2D eigenvalue weighted by molar-refractivity contribution is 5.98. The Balaban J connectivity index is 1.35. The maximum Gasteiger partial charge on any atom is 0.253 e. The molecule has 1 saturated carbocycles. The number of carbonyl (C=O) groups is 1. The van der Waals surface area contributed by atoms with Crippen molar-refractivity contribution in [3.8, 4) is 5.69 Å². The fraction of sp³-hybridized carbons (Fsp3) is 0.280. The minimum atomic E-state index is -0.0700. The van der Waals surface area contributed by atoms with Crippen LogP contribution in [-0.2, 0) is 6.42 Å². The van der Waals surface area contributed by atoms with Crippen molar-refractivity contribution in [2.24, 2.45) is 5.92 Å². The summed E-state index contributed by atoms with van der Waals surface area (Å²) in [6.45, 7) is 1.99. The first-order chi connectivity index (χ1) is 15.2. The van der Waals surface area contributed by atoms with Gasteiger partial charge < -0.3 is 5.32 Å². The Bertz CT molecular complexity index is 1220. The van der Waals surface area contributed by atoms with Gasteiger partial charge in [-0.2, -0.15) is 15.0 Å². The third kappa shape index (κ3) is 4.06. The predicted octanol–water partition coefficient (Wildman–Crippen LogP) is 4.27. The molecule has 4 aromatic rings. The largest absolute Gasteiger partial charge is 0.349 e. The van der Waals surface area contributed by atoms with Crippen LogP contribution < -0.4 is 5.32 Å². The number of nitrogens with zero attached hydrogens (tertiary/aromatic N) is 4. The number of benzene rings is 2. The molecule has 2 atom stereocenters. The zero-order valence-corrected chi connectivity index (χ0v) is 17.5. The molecular weight excluding hydrogens is 386 g/mol. The lowest BCUT2D eigenvalue weighted by atomic mass is 9.96. The Morgan fingerprint density at radius 3 is 2.77 bits per heavy atom. The highest BCUT2D eigenvalue weighted by Crippen LogP contribution is 2.29. The maximum atomic E-state index is 13.2. The molecule has 0 radical (unpaired) electrons. The van der Waals surface area contributed by atoms with E-state index in [9.17, 15) is 4.79 Å². The zero-order valence-electron chi connectivity index (χ0n) is 17.5. The summed E-state index contributed by atoms with van der Waals surface area (Å²) >= 11 is 0. The SMILES string of the molecule is Cc1ccc(-n2nccn2)c(C(=O)N[C@@H]2CCC[C@H]2Cc2ccc3ccccc3n2)c1. The first-order valence-corrected chi connectivity index (χ1v) is 10.8. The number of nitrogens with one attached hydrogen (secondary N) is 1. The van der Waals surface area contributed by atoms with Gasteiger partial charge in [0, 0.05) is 17.1 Å². The topological polar surface area (TPSA) is 72.7 Å². The lowest BCUT2D eigenvalue weighted by Gasteiger charge is -2.22. The average Bonchev–Trinajstić information content (AvgIpc) is 3.46. The van der Waals surface area contributed by atoms with E-state index in [0.29, 0.717) is 17.2 Å². The van der Waals surface area contributed by atoms with Gasteiger partial charge in [-0.05, 0) is 56.4 Å². The number of pyridine rings is 1.